The number of nitriles is 1. The monoisotopic (exact) mass is 267 g/mol. The van der Waals surface area contributed by atoms with Crippen LogP contribution in [0.1, 0.15) is 16.7 Å². The van der Waals surface area contributed by atoms with Gasteiger partial charge in [0, 0.05) is 24.4 Å². The SMILES string of the molecule is Cc1ccc(C#N)cc1NCc1ccc([N+](=O)[O-])cc1. The van der Waals surface area contributed by atoms with Crippen molar-refractivity contribution in [3.05, 3.63) is 69.3 Å². The summed E-state index contributed by atoms with van der Waals surface area (Å²) in [6.07, 6.45) is 0. The van der Waals surface area contributed by atoms with Gasteiger partial charge in [0.1, 0.15) is 0 Å². The number of nitrogens with zero attached hydrogens (tertiary/aromatic N) is 2. The number of anilines is 1. The second-order valence-electron chi connectivity index (χ2n) is 4.42. The van der Waals surface area contributed by atoms with Gasteiger partial charge in [-0.1, -0.05) is 18.2 Å². The Balaban J connectivity index is 2.09. The quantitative estimate of drug-likeness (QED) is 0.680. The van der Waals surface area contributed by atoms with Gasteiger partial charge in [-0.05, 0) is 30.2 Å². The van der Waals surface area contributed by atoms with E-state index in [1.165, 1.54) is 12.1 Å². The minimum atomic E-state index is -0.419. The standard InChI is InChI=1S/C15H13N3O2/c1-11-2-3-13(9-16)8-15(11)17-10-12-4-6-14(7-5-12)18(19)20/h2-8,17H,10H2,1H3. The summed E-state index contributed by atoms with van der Waals surface area (Å²) in [5, 5.41) is 22.7. The first-order valence-electron chi connectivity index (χ1n) is 6.08. The number of nitro benzene ring substituents is 1. The summed E-state index contributed by atoms with van der Waals surface area (Å²) in [5.41, 5.74) is 3.56. The van der Waals surface area contributed by atoms with Gasteiger partial charge in [0.25, 0.3) is 5.69 Å². The predicted octanol–water partition coefficient (Wildman–Crippen LogP) is 3.39. The molecule has 0 unspecified atom stereocenters. The Morgan fingerprint density at radius 2 is 1.95 bits per heavy atom. The molecular weight excluding hydrogens is 254 g/mol. The molecule has 0 spiro atoms. The lowest BCUT2D eigenvalue weighted by Crippen LogP contribution is -2.01. The molecule has 0 aliphatic heterocycles. The predicted molar refractivity (Wildman–Crippen MR) is 76.3 cm³/mol. The van der Waals surface area contributed by atoms with E-state index in [4.69, 9.17) is 5.26 Å². The second kappa shape index (κ2) is 5.85. The minimum Gasteiger partial charge on any atom is -0.381 e. The van der Waals surface area contributed by atoms with E-state index in [0.29, 0.717) is 12.1 Å². The molecule has 5 heteroatoms. The lowest BCUT2D eigenvalue weighted by Gasteiger charge is -2.09. The van der Waals surface area contributed by atoms with Crippen LogP contribution in [-0.2, 0) is 6.54 Å². The van der Waals surface area contributed by atoms with Crippen molar-refractivity contribution < 1.29 is 4.92 Å². The number of non-ortho nitro benzene ring substituents is 1. The molecule has 20 heavy (non-hydrogen) atoms. The van der Waals surface area contributed by atoms with Crippen LogP contribution in [0.3, 0.4) is 0 Å². The Morgan fingerprint density at radius 1 is 1.25 bits per heavy atom. The third-order valence-corrected chi connectivity index (χ3v) is 3.00. The van der Waals surface area contributed by atoms with Crippen molar-refractivity contribution in [3.63, 3.8) is 0 Å². The van der Waals surface area contributed by atoms with E-state index in [0.717, 1.165) is 16.8 Å². The lowest BCUT2D eigenvalue weighted by molar-refractivity contribution is -0.384. The highest BCUT2D eigenvalue weighted by atomic mass is 16.6. The number of hydrogen-bond acceptors (Lipinski definition) is 4. The van der Waals surface area contributed by atoms with Gasteiger partial charge >= 0.3 is 0 Å². The molecule has 0 heterocycles. The van der Waals surface area contributed by atoms with Gasteiger partial charge in [-0.25, -0.2) is 0 Å². The molecule has 2 aromatic rings. The largest absolute Gasteiger partial charge is 0.381 e. The molecule has 100 valence electrons. The summed E-state index contributed by atoms with van der Waals surface area (Å²) in [6, 6.07) is 13.9. The lowest BCUT2D eigenvalue weighted by atomic mass is 10.1. The summed E-state index contributed by atoms with van der Waals surface area (Å²) in [5.74, 6) is 0. The van der Waals surface area contributed by atoms with Crippen LogP contribution in [0.15, 0.2) is 42.5 Å². The van der Waals surface area contributed by atoms with Crippen molar-refractivity contribution in [2.45, 2.75) is 13.5 Å². The molecule has 0 aromatic heterocycles. The highest BCUT2D eigenvalue weighted by molar-refractivity contribution is 5.55. The Hall–Kier alpha value is -2.87. The molecule has 0 amide bonds. The highest BCUT2D eigenvalue weighted by Gasteiger charge is 2.04. The third-order valence-electron chi connectivity index (χ3n) is 3.00. The fraction of sp³-hybridized carbons (Fsp3) is 0.133. The number of hydrogen-bond donors (Lipinski definition) is 1. The molecule has 5 nitrogen and oxygen atoms in total. The van der Waals surface area contributed by atoms with Crippen LogP contribution < -0.4 is 5.32 Å². The first-order valence-corrected chi connectivity index (χ1v) is 6.08. The average molecular weight is 267 g/mol. The maximum atomic E-state index is 10.6. The molecular formula is C15H13N3O2. The number of nitro groups is 1. The van der Waals surface area contributed by atoms with E-state index < -0.39 is 4.92 Å². The van der Waals surface area contributed by atoms with Crippen LogP contribution in [0.4, 0.5) is 11.4 Å². The molecule has 2 rings (SSSR count). The Labute approximate surface area is 116 Å². The Morgan fingerprint density at radius 3 is 2.55 bits per heavy atom. The van der Waals surface area contributed by atoms with E-state index in [2.05, 4.69) is 11.4 Å². The molecule has 0 saturated carbocycles. The smallest absolute Gasteiger partial charge is 0.269 e. The third kappa shape index (κ3) is 3.12. The summed E-state index contributed by atoms with van der Waals surface area (Å²) in [7, 11) is 0. The topological polar surface area (TPSA) is 79.0 Å². The zero-order valence-electron chi connectivity index (χ0n) is 11.0. The molecule has 0 bridgehead atoms. The molecule has 2 aromatic carbocycles. The van der Waals surface area contributed by atoms with Crippen LogP contribution in [0, 0.1) is 28.4 Å². The Kier molecular flexibility index (Phi) is 3.96. The average Bonchev–Trinajstić information content (AvgIpc) is 2.47. The van der Waals surface area contributed by atoms with Crippen molar-refractivity contribution in [2.24, 2.45) is 0 Å². The van der Waals surface area contributed by atoms with E-state index in [-0.39, 0.29) is 5.69 Å². The number of benzene rings is 2. The van der Waals surface area contributed by atoms with Crippen molar-refractivity contribution in [2.75, 3.05) is 5.32 Å². The van der Waals surface area contributed by atoms with Gasteiger partial charge in [-0.3, -0.25) is 10.1 Å². The molecule has 1 N–H and O–H groups in total. The fourth-order valence-corrected chi connectivity index (χ4v) is 1.81. The molecule has 0 aliphatic carbocycles. The zero-order chi connectivity index (χ0) is 14.5. The number of nitrogens with one attached hydrogen (secondary N) is 1. The van der Waals surface area contributed by atoms with Crippen molar-refractivity contribution in [1.82, 2.24) is 0 Å². The molecule has 0 fully saturated rings. The van der Waals surface area contributed by atoms with Gasteiger partial charge in [0.05, 0.1) is 16.6 Å². The first-order chi connectivity index (χ1) is 9.60. The summed E-state index contributed by atoms with van der Waals surface area (Å²) in [4.78, 5) is 10.1. The van der Waals surface area contributed by atoms with Crippen LogP contribution in [0.5, 0.6) is 0 Å². The van der Waals surface area contributed by atoms with Crippen LogP contribution in [0.2, 0.25) is 0 Å². The molecule has 0 atom stereocenters. The summed E-state index contributed by atoms with van der Waals surface area (Å²) < 4.78 is 0. The van der Waals surface area contributed by atoms with E-state index in [9.17, 15) is 10.1 Å². The van der Waals surface area contributed by atoms with Gasteiger partial charge in [-0.2, -0.15) is 5.26 Å². The van der Waals surface area contributed by atoms with Gasteiger partial charge in [0.15, 0.2) is 0 Å². The zero-order valence-corrected chi connectivity index (χ0v) is 11.0. The van der Waals surface area contributed by atoms with Gasteiger partial charge in [0.2, 0.25) is 0 Å². The van der Waals surface area contributed by atoms with Crippen molar-refractivity contribution >= 4 is 11.4 Å². The fourth-order valence-electron chi connectivity index (χ4n) is 1.81. The summed E-state index contributed by atoms with van der Waals surface area (Å²) in [6.45, 7) is 2.51. The van der Waals surface area contributed by atoms with E-state index in [1.54, 1.807) is 24.3 Å². The van der Waals surface area contributed by atoms with Crippen LogP contribution >= 0.6 is 0 Å². The summed E-state index contributed by atoms with van der Waals surface area (Å²) >= 11 is 0. The molecule has 0 aliphatic rings. The van der Waals surface area contributed by atoms with E-state index in [1.807, 2.05) is 13.0 Å². The van der Waals surface area contributed by atoms with Gasteiger partial charge in [-0.15, -0.1) is 0 Å². The van der Waals surface area contributed by atoms with Crippen LogP contribution in [-0.4, -0.2) is 4.92 Å². The van der Waals surface area contributed by atoms with Crippen LogP contribution in [0.25, 0.3) is 0 Å². The maximum absolute atomic E-state index is 10.6. The molecule has 0 radical (unpaired) electrons. The minimum absolute atomic E-state index is 0.0800. The second-order valence-corrected chi connectivity index (χ2v) is 4.42. The van der Waals surface area contributed by atoms with Gasteiger partial charge < -0.3 is 5.32 Å². The van der Waals surface area contributed by atoms with Crippen molar-refractivity contribution in [3.8, 4) is 6.07 Å². The Bertz CT molecular complexity index is 673. The molecule has 0 saturated heterocycles. The number of rotatable bonds is 4. The van der Waals surface area contributed by atoms with Crippen molar-refractivity contribution in [1.29, 1.82) is 5.26 Å². The normalized spacial score (nSPS) is 9.80. The van der Waals surface area contributed by atoms with E-state index >= 15 is 0 Å². The highest BCUT2D eigenvalue weighted by Crippen LogP contribution is 2.18. The first kappa shape index (κ1) is 13.6. The maximum Gasteiger partial charge on any atom is 0.269 e. The number of aryl methyl sites for hydroxylation is 1.